The Morgan fingerprint density at radius 1 is 1.03 bits per heavy atom. The van der Waals surface area contributed by atoms with Crippen molar-refractivity contribution in [2.75, 3.05) is 30.8 Å². The minimum Gasteiger partial charge on any atom is -0.497 e. The molecule has 9 nitrogen and oxygen atoms in total. The molecule has 0 unspecified atom stereocenters. The minimum absolute atomic E-state index is 0.116. The van der Waals surface area contributed by atoms with Crippen LogP contribution in [0.5, 0.6) is 5.75 Å². The van der Waals surface area contributed by atoms with E-state index in [1.54, 1.807) is 41.5 Å². The molecule has 1 aromatic heterocycles. The highest BCUT2D eigenvalue weighted by atomic mass is 32.2. The fourth-order valence-electron chi connectivity index (χ4n) is 3.58. The molecule has 1 heterocycles. The van der Waals surface area contributed by atoms with E-state index in [1.807, 2.05) is 51.9 Å². The number of carbonyl (C=O) groups is 1. The number of sulfonamides is 1. The molecule has 0 spiro atoms. The standard InChI is InChI=1S/C26H34N4O5S/c1-26(2,3)27-25(31)30(18-22-8-7-15-35-22)17-19-16-20(9-14-24(19)29(4)5)28-36(32,33)23-12-10-21(34-6)11-13-23/h7-16,28H,17-18H2,1-6H3,(H,27,31). The quantitative estimate of drug-likeness (QED) is 0.430. The Hall–Kier alpha value is -3.66. The molecule has 2 amide bonds. The smallest absolute Gasteiger partial charge is 0.318 e. The van der Waals surface area contributed by atoms with Crippen LogP contribution in [0.2, 0.25) is 0 Å². The number of nitrogens with one attached hydrogen (secondary N) is 2. The van der Waals surface area contributed by atoms with E-state index in [9.17, 15) is 13.2 Å². The molecule has 2 aromatic carbocycles. The highest BCUT2D eigenvalue weighted by Crippen LogP contribution is 2.27. The maximum absolute atomic E-state index is 13.2. The van der Waals surface area contributed by atoms with Crippen LogP contribution in [0.15, 0.2) is 70.2 Å². The number of ether oxygens (including phenoxy) is 1. The summed E-state index contributed by atoms with van der Waals surface area (Å²) >= 11 is 0. The van der Waals surface area contributed by atoms with Gasteiger partial charge in [-0.1, -0.05) is 0 Å². The number of methoxy groups -OCH3 is 1. The number of nitrogens with zero attached hydrogens (tertiary/aromatic N) is 2. The summed E-state index contributed by atoms with van der Waals surface area (Å²) in [6.07, 6.45) is 1.56. The van der Waals surface area contributed by atoms with Gasteiger partial charge in [-0.05, 0) is 80.9 Å². The van der Waals surface area contributed by atoms with E-state index >= 15 is 0 Å². The van der Waals surface area contributed by atoms with Gasteiger partial charge in [0, 0.05) is 31.0 Å². The van der Waals surface area contributed by atoms with Crippen molar-refractivity contribution in [3.8, 4) is 5.75 Å². The van der Waals surface area contributed by atoms with Crippen LogP contribution in [-0.2, 0) is 23.1 Å². The van der Waals surface area contributed by atoms with Crippen LogP contribution in [0.25, 0.3) is 0 Å². The Morgan fingerprint density at radius 3 is 2.28 bits per heavy atom. The van der Waals surface area contributed by atoms with Crippen LogP contribution in [0.1, 0.15) is 32.1 Å². The first-order chi connectivity index (χ1) is 16.9. The van der Waals surface area contributed by atoms with Crippen LogP contribution in [0.4, 0.5) is 16.2 Å². The third kappa shape index (κ3) is 7.17. The summed E-state index contributed by atoms with van der Waals surface area (Å²) in [6.45, 7) is 6.22. The summed E-state index contributed by atoms with van der Waals surface area (Å²) in [5.74, 6) is 1.21. The number of hydrogen-bond donors (Lipinski definition) is 2. The van der Waals surface area contributed by atoms with Crippen LogP contribution in [0, 0.1) is 0 Å². The normalized spacial score (nSPS) is 11.6. The van der Waals surface area contributed by atoms with Gasteiger partial charge in [-0.3, -0.25) is 4.72 Å². The van der Waals surface area contributed by atoms with E-state index in [1.165, 1.54) is 19.2 Å². The van der Waals surface area contributed by atoms with Crippen molar-refractivity contribution in [1.82, 2.24) is 10.2 Å². The second-order valence-electron chi connectivity index (χ2n) is 9.63. The second-order valence-corrected chi connectivity index (χ2v) is 11.3. The van der Waals surface area contributed by atoms with Gasteiger partial charge in [0.2, 0.25) is 0 Å². The lowest BCUT2D eigenvalue weighted by Crippen LogP contribution is -2.48. The molecule has 0 aliphatic rings. The van der Waals surface area contributed by atoms with Crippen molar-refractivity contribution in [3.05, 3.63) is 72.2 Å². The lowest BCUT2D eigenvalue weighted by atomic mass is 10.1. The van der Waals surface area contributed by atoms with Crippen LogP contribution in [0.3, 0.4) is 0 Å². The third-order valence-corrected chi connectivity index (χ3v) is 6.64. The first-order valence-corrected chi connectivity index (χ1v) is 12.9. The lowest BCUT2D eigenvalue weighted by Gasteiger charge is -2.29. The van der Waals surface area contributed by atoms with E-state index in [2.05, 4.69) is 10.0 Å². The highest BCUT2D eigenvalue weighted by molar-refractivity contribution is 7.92. The van der Waals surface area contributed by atoms with Gasteiger partial charge in [0.05, 0.1) is 31.4 Å². The molecule has 0 bridgehead atoms. The third-order valence-electron chi connectivity index (χ3n) is 5.24. The van der Waals surface area contributed by atoms with Gasteiger partial charge in [-0.25, -0.2) is 13.2 Å². The number of carbonyl (C=O) groups excluding carboxylic acids is 1. The SMILES string of the molecule is COc1ccc(S(=O)(=O)Nc2ccc(N(C)C)c(CN(Cc3ccco3)C(=O)NC(C)(C)C)c2)cc1. The van der Waals surface area contributed by atoms with Crippen LogP contribution >= 0.6 is 0 Å². The van der Waals surface area contributed by atoms with Gasteiger partial charge in [0.1, 0.15) is 11.5 Å². The zero-order valence-corrected chi connectivity index (χ0v) is 22.3. The molecule has 194 valence electrons. The topological polar surface area (TPSA) is 104 Å². The zero-order valence-electron chi connectivity index (χ0n) is 21.5. The molecule has 0 radical (unpaired) electrons. The molecule has 0 aliphatic heterocycles. The summed E-state index contributed by atoms with van der Waals surface area (Å²) in [5.41, 5.74) is 1.58. The van der Waals surface area contributed by atoms with Crippen LogP contribution in [-0.4, -0.2) is 46.1 Å². The number of hydrogen-bond acceptors (Lipinski definition) is 6. The number of benzene rings is 2. The van der Waals surface area contributed by atoms with Gasteiger partial charge in [0.15, 0.2) is 0 Å². The van der Waals surface area contributed by atoms with Gasteiger partial charge in [-0.15, -0.1) is 0 Å². The fraction of sp³-hybridized carbons (Fsp3) is 0.346. The maximum Gasteiger partial charge on any atom is 0.318 e. The molecule has 0 atom stereocenters. The summed E-state index contributed by atoms with van der Waals surface area (Å²) < 4.78 is 39.2. The molecule has 2 N–H and O–H groups in total. The summed E-state index contributed by atoms with van der Waals surface area (Å²) in [5, 5.41) is 2.99. The van der Waals surface area contributed by atoms with Crippen molar-refractivity contribution in [2.24, 2.45) is 0 Å². The largest absolute Gasteiger partial charge is 0.497 e. The van der Waals surface area contributed by atoms with E-state index in [0.29, 0.717) is 17.2 Å². The predicted molar refractivity (Wildman–Crippen MR) is 141 cm³/mol. The molecule has 0 fully saturated rings. The monoisotopic (exact) mass is 514 g/mol. The molecule has 3 aromatic rings. The van der Waals surface area contributed by atoms with E-state index in [-0.39, 0.29) is 24.0 Å². The van der Waals surface area contributed by atoms with Crippen molar-refractivity contribution >= 4 is 27.4 Å². The van der Waals surface area contributed by atoms with E-state index < -0.39 is 15.6 Å². The van der Waals surface area contributed by atoms with Gasteiger partial charge in [0.25, 0.3) is 10.0 Å². The number of amides is 2. The van der Waals surface area contributed by atoms with Gasteiger partial charge in [-0.2, -0.15) is 0 Å². The van der Waals surface area contributed by atoms with Crippen molar-refractivity contribution in [2.45, 2.75) is 44.3 Å². The molecule has 0 saturated carbocycles. The summed E-state index contributed by atoms with van der Waals surface area (Å²) in [7, 11) is 1.49. The number of furan rings is 1. The molecule has 0 saturated heterocycles. The van der Waals surface area contributed by atoms with Gasteiger partial charge >= 0.3 is 6.03 Å². The lowest BCUT2D eigenvalue weighted by molar-refractivity contribution is 0.178. The molecule has 36 heavy (non-hydrogen) atoms. The molecular weight excluding hydrogens is 480 g/mol. The van der Waals surface area contributed by atoms with E-state index in [4.69, 9.17) is 9.15 Å². The first kappa shape index (κ1) is 26.9. The highest BCUT2D eigenvalue weighted by Gasteiger charge is 2.23. The summed E-state index contributed by atoms with van der Waals surface area (Å²) in [4.78, 5) is 16.8. The first-order valence-electron chi connectivity index (χ1n) is 11.4. The van der Waals surface area contributed by atoms with Crippen molar-refractivity contribution < 1.29 is 22.4 Å². The van der Waals surface area contributed by atoms with Crippen molar-refractivity contribution in [1.29, 1.82) is 0 Å². The average Bonchev–Trinajstić information content (AvgIpc) is 3.30. The Bertz CT molecular complexity index is 1260. The van der Waals surface area contributed by atoms with Crippen LogP contribution < -0.4 is 19.7 Å². The Kier molecular flexibility index (Phi) is 8.19. The fourth-order valence-corrected chi connectivity index (χ4v) is 4.63. The van der Waals surface area contributed by atoms with Gasteiger partial charge < -0.3 is 24.3 Å². The second kappa shape index (κ2) is 10.9. The Labute approximate surface area is 213 Å². The Morgan fingerprint density at radius 2 is 1.72 bits per heavy atom. The summed E-state index contributed by atoms with van der Waals surface area (Å²) in [6, 6.07) is 14.8. The zero-order chi connectivity index (χ0) is 26.5. The number of rotatable bonds is 9. The van der Waals surface area contributed by atoms with Crippen molar-refractivity contribution in [3.63, 3.8) is 0 Å². The average molecular weight is 515 g/mol. The van der Waals surface area contributed by atoms with E-state index in [0.717, 1.165) is 11.3 Å². The molecule has 3 rings (SSSR count). The molecular formula is C26H34N4O5S. The maximum atomic E-state index is 13.2. The predicted octanol–water partition coefficient (Wildman–Crippen LogP) is 4.67. The Balaban J connectivity index is 1.92. The number of urea groups is 1. The minimum atomic E-state index is -3.83. The number of anilines is 2. The molecule has 0 aliphatic carbocycles. The molecule has 10 heteroatoms.